The molecule has 1 atom stereocenters. The van der Waals surface area contributed by atoms with E-state index in [1.165, 1.54) is 6.20 Å². The molecule has 0 aromatic rings. The molecule has 6 heteroatoms. The minimum absolute atomic E-state index is 0.00664. The lowest BCUT2D eigenvalue weighted by Gasteiger charge is -2.31. The third-order valence-corrected chi connectivity index (χ3v) is 2.96. The summed E-state index contributed by atoms with van der Waals surface area (Å²) >= 11 is 0. The first kappa shape index (κ1) is 9.70. The highest BCUT2D eigenvalue weighted by molar-refractivity contribution is 6.18. The lowest BCUT2D eigenvalue weighted by molar-refractivity contribution is -0.140. The summed E-state index contributed by atoms with van der Waals surface area (Å²) in [5, 5.41) is 12.5. The van der Waals surface area contributed by atoms with Crippen LogP contribution >= 0.6 is 0 Å². The fourth-order valence-corrected chi connectivity index (χ4v) is 2.01. The minimum atomic E-state index is -1.05. The fraction of sp³-hybridized carbons (Fsp3) is 0.444. The van der Waals surface area contributed by atoms with Gasteiger partial charge in [-0.25, -0.2) is 0 Å². The van der Waals surface area contributed by atoms with Crippen LogP contribution in [0.15, 0.2) is 11.8 Å². The molecule has 2 fully saturated rings. The molecule has 2 aliphatic heterocycles. The predicted octanol–water partition coefficient (Wildman–Crippen LogP) is -1.17. The number of nitrogens with two attached hydrogens (primary N) is 1. The Balaban J connectivity index is 2.37. The van der Waals surface area contributed by atoms with Crippen LogP contribution in [0.2, 0.25) is 0 Å². The number of piperidine rings is 1. The normalized spacial score (nSPS) is 33.3. The van der Waals surface area contributed by atoms with Crippen molar-refractivity contribution in [1.82, 2.24) is 10.6 Å². The van der Waals surface area contributed by atoms with Crippen LogP contribution in [0.4, 0.5) is 0 Å². The summed E-state index contributed by atoms with van der Waals surface area (Å²) in [7, 11) is 0. The number of hydrogen-bond acceptors (Lipinski definition) is 4. The molecule has 0 saturated carbocycles. The van der Waals surface area contributed by atoms with Gasteiger partial charge in [-0.05, 0) is 6.42 Å². The summed E-state index contributed by atoms with van der Waals surface area (Å²) in [6.45, 7) is 0.497. The van der Waals surface area contributed by atoms with Crippen molar-refractivity contribution in [2.45, 2.75) is 12.8 Å². The van der Waals surface area contributed by atoms with E-state index in [1.54, 1.807) is 0 Å². The summed E-state index contributed by atoms with van der Waals surface area (Å²) in [5.74, 6) is -0.673. The molecule has 0 radical (unpaired) electrons. The largest absolute Gasteiger partial charge is 0.404 e. The van der Waals surface area contributed by atoms with Gasteiger partial charge in [0, 0.05) is 24.7 Å². The highest BCUT2D eigenvalue weighted by Gasteiger charge is 2.52. The van der Waals surface area contributed by atoms with Gasteiger partial charge in [-0.3, -0.25) is 15.0 Å². The van der Waals surface area contributed by atoms with E-state index in [9.17, 15) is 9.59 Å². The molecule has 0 aromatic heterocycles. The van der Waals surface area contributed by atoms with E-state index >= 15 is 0 Å². The number of amides is 2. The highest BCUT2D eigenvalue weighted by Crippen LogP contribution is 2.36. The molecule has 2 saturated heterocycles. The Bertz CT molecular complexity index is 388. The second kappa shape index (κ2) is 3.08. The van der Waals surface area contributed by atoms with E-state index in [0.717, 1.165) is 0 Å². The summed E-state index contributed by atoms with van der Waals surface area (Å²) < 4.78 is 0. The number of amidine groups is 1. The quantitative estimate of drug-likeness (QED) is 0.377. The fourth-order valence-electron chi connectivity index (χ4n) is 2.01. The van der Waals surface area contributed by atoms with E-state index in [0.29, 0.717) is 18.5 Å². The smallest absolute Gasteiger partial charge is 0.241 e. The van der Waals surface area contributed by atoms with E-state index < -0.39 is 11.3 Å². The van der Waals surface area contributed by atoms with Crippen LogP contribution < -0.4 is 16.4 Å². The van der Waals surface area contributed by atoms with Crippen molar-refractivity contribution in [3.05, 3.63) is 11.8 Å². The summed E-state index contributed by atoms with van der Waals surface area (Å²) in [5.41, 5.74) is 4.81. The van der Waals surface area contributed by atoms with Crippen LogP contribution in [-0.2, 0) is 9.59 Å². The van der Waals surface area contributed by atoms with Crippen LogP contribution in [0.25, 0.3) is 0 Å². The van der Waals surface area contributed by atoms with Crippen molar-refractivity contribution >= 4 is 17.6 Å². The molecule has 2 amide bonds. The molecular formula is C9H12N4O2. The van der Waals surface area contributed by atoms with Gasteiger partial charge in [-0.1, -0.05) is 0 Å². The van der Waals surface area contributed by atoms with Crippen molar-refractivity contribution in [3.63, 3.8) is 0 Å². The van der Waals surface area contributed by atoms with Crippen molar-refractivity contribution in [3.8, 4) is 0 Å². The first-order valence-electron chi connectivity index (χ1n) is 4.69. The van der Waals surface area contributed by atoms with E-state index in [1.807, 2.05) is 0 Å². The number of hydrogen-bond donors (Lipinski definition) is 4. The van der Waals surface area contributed by atoms with Crippen molar-refractivity contribution in [1.29, 1.82) is 5.41 Å². The van der Waals surface area contributed by atoms with E-state index in [4.69, 9.17) is 11.1 Å². The number of carbonyl (C=O) groups excluding carboxylic acids is 2. The molecule has 1 spiro atoms. The van der Waals surface area contributed by atoms with Crippen molar-refractivity contribution in [2.75, 3.05) is 6.54 Å². The lowest BCUT2D eigenvalue weighted by atomic mass is 9.76. The molecular weight excluding hydrogens is 196 g/mol. The van der Waals surface area contributed by atoms with Gasteiger partial charge in [0.05, 0.1) is 0 Å². The van der Waals surface area contributed by atoms with Gasteiger partial charge >= 0.3 is 0 Å². The molecule has 0 bridgehead atoms. The third kappa shape index (κ3) is 1.21. The van der Waals surface area contributed by atoms with E-state index in [-0.39, 0.29) is 18.2 Å². The van der Waals surface area contributed by atoms with E-state index in [2.05, 4.69) is 10.6 Å². The van der Waals surface area contributed by atoms with Crippen LogP contribution in [0, 0.1) is 10.8 Å². The first-order chi connectivity index (χ1) is 7.10. The van der Waals surface area contributed by atoms with Crippen LogP contribution in [0.5, 0.6) is 0 Å². The minimum Gasteiger partial charge on any atom is -0.404 e. The molecule has 5 N–H and O–H groups in total. The Hall–Kier alpha value is -1.85. The van der Waals surface area contributed by atoms with Gasteiger partial charge in [0.1, 0.15) is 11.3 Å². The van der Waals surface area contributed by atoms with Crippen molar-refractivity contribution < 1.29 is 9.59 Å². The SMILES string of the molecule is N=C1NC(=O)C2(CCNC2=O)C/C1=C/N. The maximum atomic E-state index is 11.7. The zero-order valence-electron chi connectivity index (χ0n) is 8.09. The van der Waals surface area contributed by atoms with Crippen LogP contribution in [0.1, 0.15) is 12.8 Å². The van der Waals surface area contributed by atoms with Gasteiger partial charge < -0.3 is 16.4 Å². The van der Waals surface area contributed by atoms with Crippen LogP contribution in [0.3, 0.4) is 0 Å². The molecule has 15 heavy (non-hydrogen) atoms. The highest BCUT2D eigenvalue weighted by atomic mass is 16.2. The second-order valence-electron chi connectivity index (χ2n) is 3.79. The Morgan fingerprint density at radius 1 is 1.40 bits per heavy atom. The zero-order valence-corrected chi connectivity index (χ0v) is 8.09. The molecule has 2 aliphatic rings. The Labute approximate surface area is 86.4 Å². The number of carbonyl (C=O) groups is 2. The lowest BCUT2D eigenvalue weighted by Crippen LogP contribution is -2.53. The molecule has 2 rings (SSSR count). The van der Waals surface area contributed by atoms with Gasteiger partial charge in [0.25, 0.3) is 0 Å². The standard InChI is InChI=1S/C9H12N4O2/c10-4-5-3-9(1-2-12-7(9)14)8(15)13-6(5)11/h4H,1-3,10H2,(H,12,14)(H2,11,13,15)/b5-4-. The monoisotopic (exact) mass is 208 g/mol. The Morgan fingerprint density at radius 2 is 2.13 bits per heavy atom. The first-order valence-corrected chi connectivity index (χ1v) is 4.69. The average Bonchev–Trinajstić information content (AvgIpc) is 2.55. The summed E-state index contributed by atoms with van der Waals surface area (Å²) in [6.07, 6.45) is 1.96. The number of rotatable bonds is 0. The van der Waals surface area contributed by atoms with Crippen molar-refractivity contribution in [2.24, 2.45) is 11.1 Å². The molecule has 6 nitrogen and oxygen atoms in total. The average molecular weight is 208 g/mol. The topological polar surface area (TPSA) is 108 Å². The maximum Gasteiger partial charge on any atom is 0.241 e. The molecule has 1 unspecified atom stereocenters. The third-order valence-electron chi connectivity index (χ3n) is 2.96. The van der Waals surface area contributed by atoms with Gasteiger partial charge in [0.15, 0.2) is 0 Å². The maximum absolute atomic E-state index is 11.7. The van der Waals surface area contributed by atoms with Gasteiger partial charge in [-0.15, -0.1) is 0 Å². The molecule has 80 valence electrons. The molecule has 0 aromatic carbocycles. The van der Waals surface area contributed by atoms with Crippen LogP contribution in [-0.4, -0.2) is 24.2 Å². The molecule has 0 aliphatic carbocycles. The second-order valence-corrected chi connectivity index (χ2v) is 3.79. The number of nitrogens with one attached hydrogen (secondary N) is 3. The van der Waals surface area contributed by atoms with Gasteiger partial charge in [0.2, 0.25) is 11.8 Å². The molecule has 2 heterocycles. The van der Waals surface area contributed by atoms with Gasteiger partial charge in [-0.2, -0.15) is 0 Å². The summed E-state index contributed by atoms with van der Waals surface area (Å²) in [6, 6.07) is 0. The Kier molecular flexibility index (Phi) is 1.99. The summed E-state index contributed by atoms with van der Waals surface area (Å²) in [4.78, 5) is 23.3. The Morgan fingerprint density at radius 3 is 2.67 bits per heavy atom. The predicted molar refractivity (Wildman–Crippen MR) is 52.8 cm³/mol. The zero-order chi connectivity index (χ0) is 11.1.